The first-order valence-corrected chi connectivity index (χ1v) is 5.18. The second kappa shape index (κ2) is 6.33. The molecule has 0 atom stereocenters. The van der Waals surface area contributed by atoms with Gasteiger partial charge in [-0.05, 0) is 31.2 Å². The first kappa shape index (κ1) is 12.8. The first-order chi connectivity index (χ1) is 8.17. The van der Waals surface area contributed by atoms with Crippen LogP contribution < -0.4 is 5.32 Å². The fraction of sp³-hybridized carbons (Fsp3) is 0.231. The summed E-state index contributed by atoms with van der Waals surface area (Å²) in [6, 6.07) is 6.42. The molecule has 1 amide bonds. The summed E-state index contributed by atoms with van der Waals surface area (Å²) in [5, 5.41) is 2.61. The molecule has 4 heteroatoms. The van der Waals surface area contributed by atoms with E-state index in [-0.39, 0.29) is 18.3 Å². The molecule has 88 valence electrons. The number of carbonyl (C=O) groups excluding carboxylic acids is 2. The van der Waals surface area contributed by atoms with Crippen molar-refractivity contribution in [1.29, 1.82) is 0 Å². The van der Waals surface area contributed by atoms with E-state index in [1.54, 1.807) is 31.2 Å². The van der Waals surface area contributed by atoms with Crippen LogP contribution in [0.5, 0.6) is 0 Å². The minimum atomic E-state index is -0.381. The highest BCUT2D eigenvalue weighted by Gasteiger charge is 2.06. The smallest absolute Gasteiger partial charge is 0.338 e. The predicted octanol–water partition coefficient (Wildman–Crippen LogP) is 1.83. The SMILES string of the molecule is C#CCC(=O)Nc1ccc(C(=O)OCC)cc1. The van der Waals surface area contributed by atoms with E-state index < -0.39 is 0 Å². The zero-order chi connectivity index (χ0) is 12.7. The Hall–Kier alpha value is -2.28. The number of nitrogens with one attached hydrogen (secondary N) is 1. The maximum Gasteiger partial charge on any atom is 0.338 e. The molecule has 0 aliphatic heterocycles. The Morgan fingerprint density at radius 3 is 2.53 bits per heavy atom. The largest absolute Gasteiger partial charge is 0.462 e. The van der Waals surface area contributed by atoms with E-state index in [9.17, 15) is 9.59 Å². The molecular formula is C13H13NO3. The van der Waals surface area contributed by atoms with Crippen molar-refractivity contribution in [2.24, 2.45) is 0 Å². The Kier molecular flexibility index (Phi) is 4.77. The van der Waals surface area contributed by atoms with Crippen LogP contribution in [-0.4, -0.2) is 18.5 Å². The van der Waals surface area contributed by atoms with E-state index in [4.69, 9.17) is 11.2 Å². The fourth-order valence-electron chi connectivity index (χ4n) is 1.20. The number of carbonyl (C=O) groups is 2. The van der Waals surface area contributed by atoms with E-state index >= 15 is 0 Å². The van der Waals surface area contributed by atoms with Gasteiger partial charge in [0.05, 0.1) is 18.6 Å². The molecule has 0 bridgehead atoms. The van der Waals surface area contributed by atoms with E-state index in [1.165, 1.54) is 0 Å². The molecular weight excluding hydrogens is 218 g/mol. The summed E-state index contributed by atoms with van der Waals surface area (Å²) in [5.41, 5.74) is 1.04. The molecule has 1 aromatic rings. The number of anilines is 1. The molecule has 1 rings (SSSR count). The Balaban J connectivity index is 2.65. The standard InChI is InChI=1S/C13H13NO3/c1-3-5-12(15)14-11-8-6-10(7-9-11)13(16)17-4-2/h1,6-9H,4-5H2,2H3,(H,14,15). The van der Waals surface area contributed by atoms with Crippen LogP contribution in [0.25, 0.3) is 0 Å². The minimum Gasteiger partial charge on any atom is -0.462 e. The number of amides is 1. The molecule has 1 aromatic carbocycles. The molecule has 1 N–H and O–H groups in total. The van der Waals surface area contributed by atoms with Gasteiger partial charge in [0.15, 0.2) is 0 Å². The van der Waals surface area contributed by atoms with Crippen LogP contribution in [0, 0.1) is 12.3 Å². The van der Waals surface area contributed by atoms with Gasteiger partial charge < -0.3 is 10.1 Å². The van der Waals surface area contributed by atoms with Crippen LogP contribution in [0.3, 0.4) is 0 Å². The van der Waals surface area contributed by atoms with Crippen molar-refractivity contribution in [3.63, 3.8) is 0 Å². The van der Waals surface area contributed by atoms with Crippen molar-refractivity contribution in [3.8, 4) is 12.3 Å². The van der Waals surface area contributed by atoms with Crippen molar-refractivity contribution in [3.05, 3.63) is 29.8 Å². The first-order valence-electron chi connectivity index (χ1n) is 5.18. The van der Waals surface area contributed by atoms with Crippen LogP contribution in [-0.2, 0) is 9.53 Å². The highest BCUT2D eigenvalue weighted by atomic mass is 16.5. The summed E-state index contributed by atoms with van der Waals surface area (Å²) in [5.74, 6) is 1.61. The van der Waals surface area contributed by atoms with Crippen LogP contribution in [0.2, 0.25) is 0 Å². The lowest BCUT2D eigenvalue weighted by Gasteiger charge is -2.04. The third-order valence-electron chi connectivity index (χ3n) is 1.94. The monoisotopic (exact) mass is 231 g/mol. The lowest BCUT2D eigenvalue weighted by atomic mass is 10.2. The number of ether oxygens (including phenoxy) is 1. The molecule has 0 aliphatic carbocycles. The Labute approximate surface area is 100.0 Å². The molecule has 0 saturated carbocycles. The zero-order valence-corrected chi connectivity index (χ0v) is 9.53. The summed E-state index contributed by atoms with van der Waals surface area (Å²) in [7, 11) is 0. The molecule has 0 spiro atoms. The van der Waals surface area contributed by atoms with Gasteiger partial charge in [-0.15, -0.1) is 6.42 Å². The average molecular weight is 231 g/mol. The molecule has 0 heterocycles. The molecule has 0 fully saturated rings. The van der Waals surface area contributed by atoms with Gasteiger partial charge in [-0.25, -0.2) is 4.79 Å². The highest BCUT2D eigenvalue weighted by molar-refractivity contribution is 5.93. The number of esters is 1. The maximum absolute atomic E-state index is 11.3. The molecule has 0 aliphatic rings. The summed E-state index contributed by atoms with van der Waals surface area (Å²) in [6.45, 7) is 2.08. The second-order valence-corrected chi connectivity index (χ2v) is 3.23. The van der Waals surface area contributed by atoms with Crippen LogP contribution in [0.15, 0.2) is 24.3 Å². The molecule has 0 unspecified atom stereocenters. The lowest BCUT2D eigenvalue weighted by molar-refractivity contribution is -0.115. The number of hydrogen-bond donors (Lipinski definition) is 1. The number of hydrogen-bond acceptors (Lipinski definition) is 3. The predicted molar refractivity (Wildman–Crippen MR) is 64.5 cm³/mol. The van der Waals surface area contributed by atoms with Crippen molar-refractivity contribution in [2.45, 2.75) is 13.3 Å². The average Bonchev–Trinajstić information content (AvgIpc) is 2.30. The summed E-state index contributed by atoms with van der Waals surface area (Å²) in [4.78, 5) is 22.5. The van der Waals surface area contributed by atoms with E-state index in [0.717, 1.165) is 0 Å². The second-order valence-electron chi connectivity index (χ2n) is 3.23. The van der Waals surface area contributed by atoms with Gasteiger partial charge in [-0.1, -0.05) is 5.92 Å². The fourth-order valence-corrected chi connectivity index (χ4v) is 1.20. The number of terminal acetylenes is 1. The third-order valence-corrected chi connectivity index (χ3v) is 1.94. The topological polar surface area (TPSA) is 55.4 Å². The number of rotatable bonds is 4. The van der Waals surface area contributed by atoms with E-state index in [0.29, 0.717) is 17.9 Å². The summed E-state index contributed by atoms with van der Waals surface area (Å²) in [6.07, 6.45) is 5.04. The molecule has 17 heavy (non-hydrogen) atoms. The van der Waals surface area contributed by atoms with Crippen molar-refractivity contribution in [2.75, 3.05) is 11.9 Å². The molecule has 0 radical (unpaired) electrons. The van der Waals surface area contributed by atoms with Gasteiger partial charge in [-0.3, -0.25) is 4.79 Å². The molecule has 0 saturated heterocycles. The van der Waals surface area contributed by atoms with Gasteiger partial charge >= 0.3 is 5.97 Å². The Morgan fingerprint density at radius 2 is 2.00 bits per heavy atom. The molecule has 0 aromatic heterocycles. The normalized spacial score (nSPS) is 9.18. The highest BCUT2D eigenvalue weighted by Crippen LogP contribution is 2.10. The maximum atomic E-state index is 11.3. The van der Waals surface area contributed by atoms with Crippen LogP contribution in [0.4, 0.5) is 5.69 Å². The van der Waals surface area contributed by atoms with Crippen LogP contribution in [0.1, 0.15) is 23.7 Å². The van der Waals surface area contributed by atoms with Crippen molar-refractivity contribution < 1.29 is 14.3 Å². The third kappa shape index (κ3) is 3.99. The molecule has 4 nitrogen and oxygen atoms in total. The van der Waals surface area contributed by atoms with E-state index in [2.05, 4.69) is 11.2 Å². The van der Waals surface area contributed by atoms with Crippen molar-refractivity contribution >= 4 is 17.6 Å². The quantitative estimate of drug-likeness (QED) is 0.635. The Bertz CT molecular complexity index is 443. The van der Waals surface area contributed by atoms with Gasteiger partial charge in [0, 0.05) is 5.69 Å². The van der Waals surface area contributed by atoms with Crippen LogP contribution >= 0.6 is 0 Å². The van der Waals surface area contributed by atoms with Gasteiger partial charge in [0.2, 0.25) is 5.91 Å². The van der Waals surface area contributed by atoms with Gasteiger partial charge in [-0.2, -0.15) is 0 Å². The minimum absolute atomic E-state index is 0.0274. The number of benzene rings is 1. The Morgan fingerprint density at radius 1 is 1.35 bits per heavy atom. The van der Waals surface area contributed by atoms with E-state index in [1.807, 2.05) is 0 Å². The summed E-state index contributed by atoms with van der Waals surface area (Å²) >= 11 is 0. The summed E-state index contributed by atoms with van der Waals surface area (Å²) < 4.78 is 4.83. The lowest BCUT2D eigenvalue weighted by Crippen LogP contribution is -2.10. The zero-order valence-electron chi connectivity index (χ0n) is 9.53. The van der Waals surface area contributed by atoms with Crippen molar-refractivity contribution in [1.82, 2.24) is 0 Å². The van der Waals surface area contributed by atoms with Gasteiger partial charge in [0.25, 0.3) is 0 Å². The van der Waals surface area contributed by atoms with Gasteiger partial charge in [0.1, 0.15) is 0 Å².